The maximum absolute atomic E-state index is 14.3. The minimum atomic E-state index is -3.76. The predicted molar refractivity (Wildman–Crippen MR) is 89.6 cm³/mol. The van der Waals surface area contributed by atoms with Gasteiger partial charge in [0.15, 0.2) is 5.82 Å². The number of nitrogens with zero attached hydrogens (tertiary/aromatic N) is 2. The largest absolute Gasteiger partial charge is 0.315 e. The lowest BCUT2D eigenvalue weighted by Gasteiger charge is -2.29. The van der Waals surface area contributed by atoms with Crippen LogP contribution in [-0.2, 0) is 10.0 Å². The Labute approximate surface area is 140 Å². The molecule has 1 atom stereocenters. The molecule has 0 radical (unpaired) electrons. The Balaban J connectivity index is 1.85. The molecule has 2 aliphatic rings. The summed E-state index contributed by atoms with van der Waals surface area (Å²) in [5.74, 6) is -0.186. The standard InChI is InChI=1S/C17H20FN3O2S/c18-14-10-20-9-13-3-1-4-16(17(13)14)24(22,23)21-8-2-7-19-11-15(21)12-5-6-12/h1,3-4,9-10,12,15,19H,2,5-8,11H2. The first-order valence-electron chi connectivity index (χ1n) is 8.34. The zero-order valence-electron chi connectivity index (χ0n) is 13.3. The van der Waals surface area contributed by atoms with Crippen molar-refractivity contribution in [1.29, 1.82) is 0 Å². The molecule has 2 fully saturated rings. The predicted octanol–water partition coefficient (Wildman–Crippen LogP) is 2.14. The van der Waals surface area contributed by atoms with Crippen LogP contribution in [0.1, 0.15) is 19.3 Å². The van der Waals surface area contributed by atoms with Gasteiger partial charge in [-0.25, -0.2) is 12.8 Å². The average molecular weight is 349 g/mol. The van der Waals surface area contributed by atoms with Crippen molar-refractivity contribution in [2.24, 2.45) is 5.92 Å². The summed E-state index contributed by atoms with van der Waals surface area (Å²) in [6.45, 7) is 1.95. The van der Waals surface area contributed by atoms with Gasteiger partial charge in [0.05, 0.1) is 11.1 Å². The highest BCUT2D eigenvalue weighted by Crippen LogP contribution is 2.38. The minimum absolute atomic E-state index is 0.0438. The molecule has 7 heteroatoms. The van der Waals surface area contributed by atoms with Crippen LogP contribution in [-0.4, -0.2) is 43.4 Å². The van der Waals surface area contributed by atoms with Crippen LogP contribution in [0.2, 0.25) is 0 Å². The SMILES string of the molecule is O=S(=O)(c1cccc2cncc(F)c12)N1CCCNCC1C1CC1. The molecule has 1 saturated heterocycles. The van der Waals surface area contributed by atoms with E-state index in [-0.39, 0.29) is 16.3 Å². The van der Waals surface area contributed by atoms with Gasteiger partial charge >= 0.3 is 0 Å². The average Bonchev–Trinajstić information content (AvgIpc) is 3.40. The lowest BCUT2D eigenvalue weighted by atomic mass is 10.2. The Bertz CT molecular complexity index is 862. The third-order valence-corrected chi connectivity index (χ3v) is 6.87. The van der Waals surface area contributed by atoms with E-state index in [0.29, 0.717) is 24.4 Å². The highest BCUT2D eigenvalue weighted by molar-refractivity contribution is 7.89. The summed E-state index contributed by atoms with van der Waals surface area (Å²) < 4.78 is 42.7. The smallest absolute Gasteiger partial charge is 0.244 e. The van der Waals surface area contributed by atoms with Crippen LogP contribution in [0.5, 0.6) is 0 Å². The summed E-state index contributed by atoms with van der Waals surface area (Å²) in [5, 5.41) is 3.98. The van der Waals surface area contributed by atoms with Crippen LogP contribution in [0.3, 0.4) is 0 Å². The summed E-state index contributed by atoms with van der Waals surface area (Å²) >= 11 is 0. The summed E-state index contributed by atoms with van der Waals surface area (Å²) in [6.07, 6.45) is 5.46. The zero-order chi connectivity index (χ0) is 16.7. The first kappa shape index (κ1) is 15.9. The number of nitrogens with one attached hydrogen (secondary N) is 1. The molecule has 2 aromatic rings. The van der Waals surface area contributed by atoms with E-state index in [2.05, 4.69) is 10.3 Å². The molecule has 24 heavy (non-hydrogen) atoms. The summed E-state index contributed by atoms with van der Waals surface area (Å²) in [4.78, 5) is 3.87. The molecule has 0 amide bonds. The second kappa shape index (κ2) is 6.06. The molecule has 4 rings (SSSR count). The summed E-state index contributed by atoms with van der Waals surface area (Å²) in [6, 6.07) is 4.80. The Morgan fingerprint density at radius 1 is 1.25 bits per heavy atom. The molecule has 0 spiro atoms. The van der Waals surface area contributed by atoms with Crippen molar-refractivity contribution in [3.8, 4) is 0 Å². The quantitative estimate of drug-likeness (QED) is 0.922. The van der Waals surface area contributed by atoms with Crippen LogP contribution >= 0.6 is 0 Å². The molecule has 1 aromatic heterocycles. The monoisotopic (exact) mass is 349 g/mol. The number of hydrogen-bond acceptors (Lipinski definition) is 4. The molecule has 1 aromatic carbocycles. The molecule has 1 N–H and O–H groups in total. The van der Waals surface area contributed by atoms with E-state index in [4.69, 9.17) is 0 Å². The van der Waals surface area contributed by atoms with E-state index in [1.807, 2.05) is 0 Å². The fourth-order valence-corrected chi connectivity index (χ4v) is 5.51. The van der Waals surface area contributed by atoms with Gasteiger partial charge < -0.3 is 5.32 Å². The van der Waals surface area contributed by atoms with Crippen molar-refractivity contribution < 1.29 is 12.8 Å². The Morgan fingerprint density at radius 3 is 2.88 bits per heavy atom. The topological polar surface area (TPSA) is 62.3 Å². The first-order chi connectivity index (χ1) is 11.6. The Morgan fingerprint density at radius 2 is 2.08 bits per heavy atom. The van der Waals surface area contributed by atoms with Gasteiger partial charge in [0.25, 0.3) is 0 Å². The van der Waals surface area contributed by atoms with Crippen molar-refractivity contribution >= 4 is 20.8 Å². The van der Waals surface area contributed by atoms with Gasteiger partial charge in [-0.2, -0.15) is 4.31 Å². The molecule has 1 saturated carbocycles. The minimum Gasteiger partial charge on any atom is -0.315 e. The molecule has 128 valence electrons. The highest BCUT2D eigenvalue weighted by Gasteiger charge is 2.41. The van der Waals surface area contributed by atoms with Gasteiger partial charge in [-0.1, -0.05) is 12.1 Å². The third kappa shape index (κ3) is 2.70. The molecule has 5 nitrogen and oxygen atoms in total. The maximum atomic E-state index is 14.3. The van der Waals surface area contributed by atoms with Gasteiger partial charge in [0, 0.05) is 36.1 Å². The van der Waals surface area contributed by atoms with Crippen molar-refractivity contribution in [2.45, 2.75) is 30.2 Å². The third-order valence-electron chi connectivity index (χ3n) is 4.91. The lowest BCUT2D eigenvalue weighted by molar-refractivity contribution is 0.306. The van der Waals surface area contributed by atoms with Crippen molar-refractivity contribution in [2.75, 3.05) is 19.6 Å². The van der Waals surface area contributed by atoms with Crippen LogP contribution in [0.25, 0.3) is 10.8 Å². The number of rotatable bonds is 3. The molecule has 1 unspecified atom stereocenters. The fourth-order valence-electron chi connectivity index (χ4n) is 3.56. The second-order valence-electron chi connectivity index (χ2n) is 6.55. The van der Waals surface area contributed by atoms with Gasteiger partial charge in [-0.15, -0.1) is 0 Å². The Hall–Kier alpha value is -1.57. The van der Waals surface area contributed by atoms with Gasteiger partial charge in [0.1, 0.15) is 0 Å². The van der Waals surface area contributed by atoms with E-state index in [0.717, 1.165) is 32.0 Å². The van der Waals surface area contributed by atoms with Gasteiger partial charge in [0.2, 0.25) is 10.0 Å². The summed E-state index contributed by atoms with van der Waals surface area (Å²) in [5.41, 5.74) is 0. The number of sulfonamides is 1. The van der Waals surface area contributed by atoms with E-state index in [1.54, 1.807) is 16.4 Å². The number of benzene rings is 1. The van der Waals surface area contributed by atoms with E-state index in [9.17, 15) is 12.8 Å². The molecule has 1 aliphatic carbocycles. The fraction of sp³-hybridized carbons (Fsp3) is 0.471. The first-order valence-corrected chi connectivity index (χ1v) is 9.78. The van der Waals surface area contributed by atoms with E-state index < -0.39 is 15.8 Å². The van der Waals surface area contributed by atoms with Crippen molar-refractivity contribution in [1.82, 2.24) is 14.6 Å². The highest BCUT2D eigenvalue weighted by atomic mass is 32.2. The molecular weight excluding hydrogens is 329 g/mol. The number of aromatic nitrogens is 1. The van der Waals surface area contributed by atoms with Crippen molar-refractivity contribution in [3.63, 3.8) is 0 Å². The number of fused-ring (bicyclic) bond motifs is 1. The van der Waals surface area contributed by atoms with Crippen LogP contribution < -0.4 is 5.32 Å². The molecule has 1 aliphatic heterocycles. The van der Waals surface area contributed by atoms with Gasteiger partial charge in [-0.05, 0) is 37.8 Å². The zero-order valence-corrected chi connectivity index (χ0v) is 14.1. The number of halogens is 1. The number of pyridine rings is 1. The normalized spacial score (nSPS) is 23.3. The van der Waals surface area contributed by atoms with Gasteiger partial charge in [-0.3, -0.25) is 4.98 Å². The van der Waals surface area contributed by atoms with Crippen LogP contribution in [0.4, 0.5) is 4.39 Å². The molecular formula is C17H20FN3O2S. The number of hydrogen-bond donors (Lipinski definition) is 1. The van der Waals surface area contributed by atoms with Crippen LogP contribution in [0, 0.1) is 11.7 Å². The van der Waals surface area contributed by atoms with Crippen molar-refractivity contribution in [3.05, 3.63) is 36.4 Å². The van der Waals surface area contributed by atoms with E-state index in [1.165, 1.54) is 12.3 Å². The summed E-state index contributed by atoms with van der Waals surface area (Å²) in [7, 11) is -3.76. The molecule has 0 bridgehead atoms. The maximum Gasteiger partial charge on any atom is 0.244 e. The lowest BCUT2D eigenvalue weighted by Crippen LogP contribution is -2.45. The Kier molecular flexibility index (Phi) is 4.02. The second-order valence-corrected chi connectivity index (χ2v) is 8.41. The van der Waals surface area contributed by atoms with Crippen LogP contribution in [0.15, 0.2) is 35.5 Å². The molecule has 2 heterocycles. The van der Waals surface area contributed by atoms with E-state index >= 15 is 0 Å².